The number of nitrogens with zero attached hydrogens (tertiary/aromatic N) is 4. The average molecular weight is 438 g/mol. The van der Waals surface area contributed by atoms with Gasteiger partial charge >= 0.3 is 0 Å². The number of ether oxygens (including phenoxy) is 2. The summed E-state index contributed by atoms with van der Waals surface area (Å²) in [5, 5.41) is 3.54. The fraction of sp³-hybridized carbons (Fsp3) is 0.640. The normalized spacial score (nSPS) is 26.2. The highest BCUT2D eigenvalue weighted by atomic mass is 16.5. The molecule has 7 heteroatoms. The summed E-state index contributed by atoms with van der Waals surface area (Å²) >= 11 is 0. The van der Waals surface area contributed by atoms with E-state index < -0.39 is 0 Å². The van der Waals surface area contributed by atoms with Crippen LogP contribution in [-0.2, 0) is 4.74 Å². The third-order valence-electron chi connectivity index (χ3n) is 7.01. The minimum Gasteiger partial charge on any atom is -0.471 e. The monoisotopic (exact) mass is 437 g/mol. The zero-order valence-corrected chi connectivity index (χ0v) is 19.1. The molecule has 5 rings (SSSR count). The van der Waals surface area contributed by atoms with Crippen LogP contribution in [0.1, 0.15) is 58.3 Å². The molecule has 1 N–H and O–H groups in total. The molecule has 2 aliphatic heterocycles. The number of anilines is 2. The lowest BCUT2D eigenvalue weighted by Crippen LogP contribution is -2.30. The number of aromatic nitrogens is 3. The highest BCUT2D eigenvalue weighted by Crippen LogP contribution is 2.32. The molecule has 0 aromatic carbocycles. The Morgan fingerprint density at radius 1 is 1.00 bits per heavy atom. The zero-order valence-electron chi connectivity index (χ0n) is 19.1. The molecule has 0 amide bonds. The number of hydrogen-bond donors (Lipinski definition) is 1. The Balaban J connectivity index is 1.36. The molecular formula is C25H35N5O2. The van der Waals surface area contributed by atoms with Crippen LogP contribution in [0, 0.1) is 5.92 Å². The van der Waals surface area contributed by atoms with Gasteiger partial charge in [-0.1, -0.05) is 6.92 Å². The molecule has 3 aliphatic rings. The number of nitrogens with one attached hydrogen (secondary N) is 1. The molecule has 2 aromatic rings. The van der Waals surface area contributed by atoms with Crippen LogP contribution >= 0.6 is 0 Å². The second-order valence-corrected chi connectivity index (χ2v) is 9.57. The van der Waals surface area contributed by atoms with Crippen molar-refractivity contribution in [2.75, 3.05) is 36.5 Å². The van der Waals surface area contributed by atoms with E-state index in [4.69, 9.17) is 19.4 Å². The molecule has 2 aromatic heterocycles. The maximum atomic E-state index is 6.30. The summed E-state index contributed by atoms with van der Waals surface area (Å²) < 4.78 is 11.8. The average Bonchev–Trinajstić information content (AvgIpc) is 3.35. The van der Waals surface area contributed by atoms with Crippen LogP contribution in [0.5, 0.6) is 5.88 Å². The first-order valence-electron chi connectivity index (χ1n) is 12.3. The highest BCUT2D eigenvalue weighted by molar-refractivity contribution is 5.68. The van der Waals surface area contributed by atoms with E-state index in [-0.39, 0.29) is 6.10 Å². The van der Waals surface area contributed by atoms with E-state index in [0.29, 0.717) is 24.5 Å². The van der Waals surface area contributed by atoms with E-state index >= 15 is 0 Å². The minimum atomic E-state index is 0.0348. The van der Waals surface area contributed by atoms with E-state index in [1.54, 1.807) is 0 Å². The molecule has 0 spiro atoms. The van der Waals surface area contributed by atoms with Crippen LogP contribution in [0.25, 0.3) is 11.1 Å². The van der Waals surface area contributed by atoms with Crippen molar-refractivity contribution < 1.29 is 9.47 Å². The van der Waals surface area contributed by atoms with Gasteiger partial charge in [0.25, 0.3) is 0 Å². The summed E-state index contributed by atoms with van der Waals surface area (Å²) in [5.74, 6) is 3.14. The van der Waals surface area contributed by atoms with E-state index in [0.717, 1.165) is 49.0 Å². The third-order valence-corrected chi connectivity index (χ3v) is 7.01. The smallest absolute Gasteiger partial charge is 0.226 e. The number of piperidine rings is 1. The fourth-order valence-corrected chi connectivity index (χ4v) is 4.93. The highest BCUT2D eigenvalue weighted by Gasteiger charge is 2.23. The van der Waals surface area contributed by atoms with Crippen LogP contribution in [-0.4, -0.2) is 53.4 Å². The van der Waals surface area contributed by atoms with Crippen molar-refractivity contribution in [2.24, 2.45) is 5.92 Å². The molecule has 4 heterocycles. The largest absolute Gasteiger partial charge is 0.471 e. The van der Waals surface area contributed by atoms with E-state index in [9.17, 15) is 0 Å². The van der Waals surface area contributed by atoms with E-state index in [1.807, 2.05) is 12.4 Å². The molecule has 3 fully saturated rings. The Hall–Kier alpha value is -2.41. The van der Waals surface area contributed by atoms with Gasteiger partial charge in [-0.3, -0.25) is 0 Å². The molecule has 0 bridgehead atoms. The maximum absolute atomic E-state index is 6.30. The molecular weight excluding hydrogens is 402 g/mol. The van der Waals surface area contributed by atoms with Gasteiger partial charge in [0.1, 0.15) is 11.9 Å². The lowest BCUT2D eigenvalue weighted by Gasteiger charge is -2.28. The first kappa shape index (κ1) is 21.4. The molecule has 32 heavy (non-hydrogen) atoms. The van der Waals surface area contributed by atoms with Crippen LogP contribution in [0.3, 0.4) is 0 Å². The van der Waals surface area contributed by atoms with Crippen molar-refractivity contribution in [1.82, 2.24) is 15.0 Å². The number of hydrogen-bond acceptors (Lipinski definition) is 7. The second kappa shape index (κ2) is 10.0. The topological polar surface area (TPSA) is 72.4 Å². The number of rotatable bonds is 6. The second-order valence-electron chi connectivity index (χ2n) is 9.57. The molecule has 1 aliphatic carbocycles. The Morgan fingerprint density at radius 3 is 2.56 bits per heavy atom. The standard InChI is InChI=1S/C25H35N5O2/c1-18-5-8-20(9-6-18)28-25-27-16-22(24(29-25)32-21-11-14-31-17-21)19-7-10-23(26-15-19)30-12-3-2-4-13-30/h7,10,15-16,18,20-21H,2-6,8-9,11-14,17H2,1H3,(H,27,28,29)/t18-,20-,21-/m1/s1. The first-order valence-corrected chi connectivity index (χ1v) is 12.3. The van der Waals surface area contributed by atoms with Crippen LogP contribution in [0.15, 0.2) is 24.5 Å². The Kier molecular flexibility index (Phi) is 6.72. The van der Waals surface area contributed by atoms with Crippen LogP contribution in [0.4, 0.5) is 11.8 Å². The van der Waals surface area contributed by atoms with Crippen molar-refractivity contribution in [1.29, 1.82) is 0 Å². The number of pyridine rings is 1. The van der Waals surface area contributed by atoms with Gasteiger partial charge in [0.05, 0.1) is 18.8 Å². The Bertz CT molecular complexity index is 870. The Labute approximate surface area is 191 Å². The van der Waals surface area contributed by atoms with Gasteiger partial charge in [0.15, 0.2) is 0 Å². The minimum absolute atomic E-state index is 0.0348. The fourth-order valence-electron chi connectivity index (χ4n) is 4.93. The van der Waals surface area contributed by atoms with Gasteiger partial charge in [-0.15, -0.1) is 0 Å². The molecule has 0 unspecified atom stereocenters. The lowest BCUT2D eigenvalue weighted by molar-refractivity contribution is 0.138. The van der Waals surface area contributed by atoms with Gasteiger partial charge in [-0.2, -0.15) is 4.98 Å². The SMILES string of the molecule is C[C@H]1CC[C@H](Nc2ncc(-c3ccc(N4CCCCC4)nc3)c(O[C@@H]3CCOC3)n2)CC1. The summed E-state index contributed by atoms with van der Waals surface area (Å²) in [6.07, 6.45) is 13.4. The van der Waals surface area contributed by atoms with Crippen molar-refractivity contribution in [3.05, 3.63) is 24.5 Å². The molecule has 7 nitrogen and oxygen atoms in total. The Morgan fingerprint density at radius 2 is 1.84 bits per heavy atom. The van der Waals surface area contributed by atoms with Crippen LogP contribution in [0.2, 0.25) is 0 Å². The van der Waals surface area contributed by atoms with Gasteiger partial charge in [0.2, 0.25) is 11.8 Å². The molecule has 0 radical (unpaired) electrons. The molecule has 1 atom stereocenters. The predicted octanol–water partition coefficient (Wildman–Crippen LogP) is 4.69. The maximum Gasteiger partial charge on any atom is 0.226 e. The van der Waals surface area contributed by atoms with E-state index in [2.05, 4.69) is 34.3 Å². The quantitative estimate of drug-likeness (QED) is 0.703. The van der Waals surface area contributed by atoms with E-state index in [1.165, 1.54) is 44.9 Å². The molecule has 2 saturated heterocycles. The zero-order chi connectivity index (χ0) is 21.8. The predicted molar refractivity (Wildman–Crippen MR) is 126 cm³/mol. The third kappa shape index (κ3) is 5.14. The van der Waals surface area contributed by atoms with Gasteiger partial charge in [-0.25, -0.2) is 9.97 Å². The summed E-state index contributed by atoms with van der Waals surface area (Å²) in [7, 11) is 0. The van der Waals surface area contributed by atoms with Gasteiger partial charge < -0.3 is 19.7 Å². The molecule has 172 valence electrons. The van der Waals surface area contributed by atoms with Crippen molar-refractivity contribution in [3.63, 3.8) is 0 Å². The summed E-state index contributed by atoms with van der Waals surface area (Å²) in [6.45, 7) is 5.86. The van der Waals surface area contributed by atoms with Crippen molar-refractivity contribution >= 4 is 11.8 Å². The van der Waals surface area contributed by atoms with Crippen molar-refractivity contribution in [2.45, 2.75) is 70.4 Å². The van der Waals surface area contributed by atoms with Gasteiger partial charge in [0, 0.05) is 43.5 Å². The summed E-state index contributed by atoms with van der Waals surface area (Å²) in [4.78, 5) is 16.6. The van der Waals surface area contributed by atoms with Gasteiger partial charge in [-0.05, 0) is 63.0 Å². The summed E-state index contributed by atoms with van der Waals surface area (Å²) in [6, 6.07) is 4.66. The van der Waals surface area contributed by atoms with Crippen LogP contribution < -0.4 is 15.0 Å². The lowest BCUT2D eigenvalue weighted by atomic mass is 9.87. The molecule has 1 saturated carbocycles. The summed E-state index contributed by atoms with van der Waals surface area (Å²) in [5.41, 5.74) is 1.87. The first-order chi connectivity index (χ1) is 15.7. The van der Waals surface area contributed by atoms with Crippen molar-refractivity contribution in [3.8, 4) is 17.0 Å².